The van der Waals surface area contributed by atoms with E-state index in [1.165, 1.54) is 70.6 Å². The molecule has 0 aliphatic carbocycles. The number of ether oxygens (including phenoxy) is 1. The third-order valence-electron chi connectivity index (χ3n) is 6.44. The van der Waals surface area contributed by atoms with Gasteiger partial charge in [-0.25, -0.2) is 0 Å². The predicted octanol–water partition coefficient (Wildman–Crippen LogP) is 7.16. The van der Waals surface area contributed by atoms with Gasteiger partial charge in [-0.2, -0.15) is 0 Å². The van der Waals surface area contributed by atoms with E-state index in [0.29, 0.717) is 19.3 Å². The van der Waals surface area contributed by atoms with Gasteiger partial charge in [0.2, 0.25) is 0 Å². The first-order valence-corrected chi connectivity index (χ1v) is 19.3. The minimum absolute atomic E-state index is 0.103. The fraction of sp³-hybridized carbons (Fsp3) is 0.862. The Bertz CT molecular complexity index is 748. The number of unbranched alkanes of at least 4 members (excludes halogenated alkanes) is 14. The maximum absolute atomic E-state index is 12.3. The molecule has 0 heterocycles. The van der Waals surface area contributed by atoms with Gasteiger partial charge in [-0.3, -0.25) is 0 Å². The van der Waals surface area contributed by atoms with Gasteiger partial charge in [0.1, 0.15) is 0 Å². The Morgan fingerprint density at radius 3 is 1.70 bits per heavy atom. The number of nitrogens with two attached hydrogens (primary N) is 2. The average Bonchev–Trinajstić information content (AvgIpc) is 2.96. The number of amides is 2. The fourth-order valence-electron chi connectivity index (χ4n) is 3.78. The van der Waals surface area contributed by atoms with Gasteiger partial charge in [-0.05, 0) is 6.92 Å². The van der Waals surface area contributed by atoms with Gasteiger partial charge < -0.3 is 4.74 Å². The smallest absolute Gasteiger partial charge is 0.0433 e. The monoisotopic (exact) mass is 676 g/mol. The molecule has 0 radical (unpaired) electrons. The molecule has 0 aliphatic rings. The molecule has 0 spiro atoms. The summed E-state index contributed by atoms with van der Waals surface area (Å²) in [7, 11) is 1.68. The average molecular weight is 678 g/mol. The van der Waals surface area contributed by atoms with Crippen molar-refractivity contribution in [1.29, 1.82) is 0 Å². The summed E-state index contributed by atoms with van der Waals surface area (Å²) in [5.41, 5.74) is 11.4. The molecule has 0 bridgehead atoms. The number of halogens is 2. The standard InChI is InChI=1S/C26H51Cl2N4O6P.C3H8O/c1-2-3-4-5-6-7-8-9-10-11-12-13-14-15-20-31-23(34)18-19-24(35)37-39(28,30,25(27)29)38-26(36)32-21-16-17-22-33;1-3-4-2/h22,25H,2-21,29-30H2,1H3,(H,31,34)(H,32,36);3H2,1-2H3/t25-;/m0./s1. The van der Waals surface area contributed by atoms with Crippen LogP contribution in [0.1, 0.15) is 129 Å². The Hall–Kier alpha value is -1.23. The van der Waals surface area contributed by atoms with Gasteiger partial charge in [0.05, 0.1) is 0 Å². The Morgan fingerprint density at radius 2 is 1.26 bits per heavy atom. The molecule has 0 aromatic carbocycles. The zero-order valence-corrected chi connectivity index (χ0v) is 29.1. The minimum atomic E-state index is -5.09. The zero-order chi connectivity index (χ0) is 32.8. The van der Waals surface area contributed by atoms with Crippen LogP contribution < -0.4 is 21.9 Å². The molecule has 43 heavy (non-hydrogen) atoms. The predicted molar refractivity (Wildman–Crippen MR) is 177 cm³/mol. The van der Waals surface area contributed by atoms with Gasteiger partial charge in [-0.15, -0.1) is 0 Å². The van der Waals surface area contributed by atoms with Crippen LogP contribution in [0.2, 0.25) is 0 Å². The topological polar surface area (TPSA) is 172 Å². The van der Waals surface area contributed by atoms with Crippen LogP contribution in [0.15, 0.2) is 0 Å². The number of hydrogen-bond acceptors (Lipinski definition) is 9. The molecule has 256 valence electrons. The fourth-order valence-corrected chi connectivity index (χ4v) is 5.55. The van der Waals surface area contributed by atoms with Crippen molar-refractivity contribution in [1.82, 2.24) is 10.6 Å². The molecule has 6 N–H and O–H groups in total. The molecule has 0 fully saturated rings. The van der Waals surface area contributed by atoms with Crippen molar-refractivity contribution in [2.75, 3.05) is 26.8 Å². The third kappa shape index (κ3) is 26.9. The number of carbonyl (C=O) groups excluding carboxylic acids is 4. The van der Waals surface area contributed by atoms with E-state index in [1.54, 1.807) is 7.11 Å². The molecule has 11 nitrogen and oxygen atoms in total. The second-order valence-corrected chi connectivity index (χ2v) is 16.1. The van der Waals surface area contributed by atoms with Crippen molar-refractivity contribution >= 4 is 53.7 Å². The first kappa shape index (κ1) is 43.9. The van der Waals surface area contributed by atoms with E-state index in [-0.39, 0.29) is 31.7 Å². The van der Waals surface area contributed by atoms with Crippen molar-refractivity contribution < 1.29 is 33.0 Å². The van der Waals surface area contributed by atoms with Gasteiger partial charge in [0, 0.05) is 13.7 Å². The molecular weight excluding hydrogens is 618 g/mol. The summed E-state index contributed by atoms with van der Waals surface area (Å²) in [6.07, 6.45) is 17.3. The van der Waals surface area contributed by atoms with Crippen molar-refractivity contribution in [2.45, 2.75) is 135 Å². The number of methoxy groups -OCH3 is 1. The maximum atomic E-state index is 12.3. The molecule has 1 atom stereocenters. The molecule has 0 aromatic rings. The first-order valence-electron chi connectivity index (χ1n) is 15.8. The van der Waals surface area contributed by atoms with Gasteiger partial charge in [-0.1, -0.05) is 64.7 Å². The molecule has 0 saturated carbocycles. The largest absolute Gasteiger partial charge is 0.385 e. The molecule has 14 heteroatoms. The summed E-state index contributed by atoms with van der Waals surface area (Å²) < 4.78 is 14.5. The van der Waals surface area contributed by atoms with E-state index in [1.807, 2.05) is 6.92 Å². The molecule has 2 amide bonds. The van der Waals surface area contributed by atoms with Crippen molar-refractivity contribution in [3.05, 3.63) is 0 Å². The minimum Gasteiger partial charge on any atom is -0.385 e. The van der Waals surface area contributed by atoms with Gasteiger partial charge in [0.25, 0.3) is 0 Å². The molecule has 0 aliphatic heterocycles. The van der Waals surface area contributed by atoms with Crippen LogP contribution in [0.5, 0.6) is 0 Å². The summed E-state index contributed by atoms with van der Waals surface area (Å²) in [5.74, 6) is -1.29. The van der Waals surface area contributed by atoms with Crippen LogP contribution in [-0.4, -0.2) is 56.3 Å². The van der Waals surface area contributed by atoms with E-state index in [4.69, 9.17) is 43.1 Å². The second kappa shape index (κ2) is 28.3. The van der Waals surface area contributed by atoms with Gasteiger partial charge in [0.15, 0.2) is 0 Å². The molecule has 0 unspecified atom stereocenters. The van der Waals surface area contributed by atoms with Crippen LogP contribution in [0.25, 0.3) is 0 Å². The van der Waals surface area contributed by atoms with E-state index in [2.05, 4.69) is 22.3 Å². The third-order valence-corrected chi connectivity index (χ3v) is 10.8. The van der Waals surface area contributed by atoms with E-state index in [0.717, 1.165) is 25.9 Å². The summed E-state index contributed by atoms with van der Waals surface area (Å²) in [5, 5.41) is 3.39. The Morgan fingerprint density at radius 1 is 0.791 bits per heavy atom. The first-order chi connectivity index (χ1) is 20.4. The van der Waals surface area contributed by atoms with Crippen LogP contribution in [-0.2, 0) is 28.2 Å². The SMILES string of the molecule is CCCCCCCCCCCCCCCCNC(=O)CCC(=O)OP(N)(Cl)(OC(=O)NCCCC=O)[C@H](N)Cl.CCOC. The van der Waals surface area contributed by atoms with Crippen LogP contribution in [0, 0.1) is 0 Å². The van der Waals surface area contributed by atoms with Crippen molar-refractivity contribution in [3.63, 3.8) is 0 Å². The number of aldehydes is 1. The van der Waals surface area contributed by atoms with Crippen molar-refractivity contribution in [3.8, 4) is 0 Å². The molecule has 0 saturated heterocycles. The summed E-state index contributed by atoms with van der Waals surface area (Å²) in [6.45, 7) is 0.557. The normalized spacial score (nSPS) is 12.6. The number of nitrogens with one attached hydrogen (secondary N) is 2. The van der Waals surface area contributed by atoms with Gasteiger partial charge >= 0.3 is 180 Å². The van der Waals surface area contributed by atoms with E-state index in [9.17, 15) is 19.2 Å². The molecule has 0 aromatic heterocycles. The number of rotatable bonds is 26. The van der Waals surface area contributed by atoms with Crippen LogP contribution in [0.4, 0.5) is 4.79 Å². The number of carbonyl (C=O) groups is 4. The van der Waals surface area contributed by atoms with E-state index >= 15 is 0 Å². The summed E-state index contributed by atoms with van der Waals surface area (Å²) in [6, 6.07) is 0. The molecule has 0 rings (SSSR count). The van der Waals surface area contributed by atoms with Crippen LogP contribution in [0.3, 0.4) is 0 Å². The molecular formula is C29H59Cl2N4O7P. The number of alkyl halides is 1. The van der Waals surface area contributed by atoms with Crippen molar-refractivity contribution in [2.24, 2.45) is 11.2 Å². The van der Waals surface area contributed by atoms with Crippen LogP contribution >= 0.6 is 29.4 Å². The zero-order valence-electron chi connectivity index (χ0n) is 26.7. The Labute approximate surface area is 269 Å². The Balaban J connectivity index is 0. The summed E-state index contributed by atoms with van der Waals surface area (Å²) >= 11 is 12.0. The maximum Gasteiger partial charge on any atom is 0.0433 e. The second-order valence-electron chi connectivity index (χ2n) is 10.5. The number of hydrogen-bond donors (Lipinski definition) is 4. The van der Waals surface area contributed by atoms with E-state index < -0.39 is 23.9 Å². The summed E-state index contributed by atoms with van der Waals surface area (Å²) in [4.78, 5) is 46.6. The Kier molecular flexibility index (Phi) is 28.8. The quantitative estimate of drug-likeness (QED) is 0.0244.